The Balaban J connectivity index is 1.95. The Bertz CT molecular complexity index is 1230. The second kappa shape index (κ2) is 34.6. The zero-order valence-corrected chi connectivity index (χ0v) is 36.5. The number of hydrogen-bond acceptors (Lipinski definition) is 10. The van der Waals surface area contributed by atoms with Gasteiger partial charge >= 0.3 is 0 Å². The number of unbranched alkanes of at least 4 members (excludes halogenated alkanes) is 17. The first kappa shape index (κ1) is 52.8. The molecule has 1 aromatic rings. The Kier molecular flexibility index (Phi) is 31.5. The molecular formula is C44H81N7O7. The van der Waals surface area contributed by atoms with Crippen LogP contribution >= 0.6 is 0 Å². The van der Waals surface area contributed by atoms with Crippen molar-refractivity contribution in [3.05, 3.63) is 18.2 Å². The summed E-state index contributed by atoms with van der Waals surface area (Å²) in [6, 6.07) is -1.48. The molecule has 14 heteroatoms. The van der Waals surface area contributed by atoms with Gasteiger partial charge in [0.25, 0.3) is 0 Å². The van der Waals surface area contributed by atoms with E-state index in [4.69, 9.17) is 20.9 Å². The summed E-state index contributed by atoms with van der Waals surface area (Å²) >= 11 is 0. The Morgan fingerprint density at radius 3 is 1.88 bits per heavy atom. The topological polar surface area (TPSA) is 221 Å². The number of carbonyl (C=O) groups is 5. The van der Waals surface area contributed by atoms with Gasteiger partial charge in [-0.2, -0.15) is 0 Å². The maximum absolute atomic E-state index is 12.9. The highest BCUT2D eigenvalue weighted by Gasteiger charge is 2.32. The van der Waals surface area contributed by atoms with E-state index in [0.29, 0.717) is 58.4 Å². The van der Waals surface area contributed by atoms with E-state index in [2.05, 4.69) is 32.8 Å². The molecule has 334 valence electrons. The molecule has 8 N–H and O–H groups in total. The molecule has 1 rings (SSSR count). The number of primary amides is 1. The number of nitrogens with one attached hydrogen (secondary N) is 4. The number of carbonyl (C=O) groups excluding carboxylic acids is 5. The van der Waals surface area contributed by atoms with Gasteiger partial charge in [-0.25, -0.2) is 4.98 Å². The Hall–Kier alpha value is -3.20. The van der Waals surface area contributed by atoms with Crippen LogP contribution in [0.4, 0.5) is 0 Å². The van der Waals surface area contributed by atoms with Crippen molar-refractivity contribution in [2.24, 2.45) is 16.9 Å². The van der Waals surface area contributed by atoms with Crippen molar-refractivity contribution in [2.75, 3.05) is 46.1 Å². The quantitative estimate of drug-likeness (QED) is 0.0439. The third kappa shape index (κ3) is 29.1. The minimum atomic E-state index is -0.974. The van der Waals surface area contributed by atoms with E-state index in [9.17, 15) is 24.0 Å². The molecule has 1 aromatic heterocycles. The lowest BCUT2D eigenvalue weighted by atomic mass is 9.81. The average Bonchev–Trinajstić information content (AvgIpc) is 3.70. The van der Waals surface area contributed by atoms with Gasteiger partial charge in [-0.3, -0.25) is 29.3 Å². The molecule has 0 aromatic carbocycles. The van der Waals surface area contributed by atoms with Crippen molar-refractivity contribution in [3.8, 4) is 0 Å². The molecule has 0 saturated carbocycles. The zero-order chi connectivity index (χ0) is 42.7. The highest BCUT2D eigenvalue weighted by molar-refractivity contribution is 5.93. The van der Waals surface area contributed by atoms with Crippen molar-refractivity contribution in [1.82, 2.24) is 25.9 Å². The van der Waals surface area contributed by atoms with Gasteiger partial charge in [0.2, 0.25) is 17.7 Å². The maximum atomic E-state index is 12.9. The van der Waals surface area contributed by atoms with Crippen LogP contribution in [-0.4, -0.2) is 97.4 Å². The molecule has 1 heterocycles. The van der Waals surface area contributed by atoms with Crippen molar-refractivity contribution < 1.29 is 33.4 Å². The first-order chi connectivity index (χ1) is 28.0. The van der Waals surface area contributed by atoms with Crippen LogP contribution in [0.1, 0.15) is 168 Å². The van der Waals surface area contributed by atoms with Crippen LogP contribution in [0.15, 0.2) is 12.5 Å². The number of Topliss-reactive ketones (excluding diaryl/α,β-unsaturated/α-hetero) is 2. The SMILES string of the molecule is CCCCCCCCCCCCCCCCCCCC(=O)NCCOCCOCC(=O)NCCCC[C@H](NCC(=O)C(C)(C)CC(=O)[C@@H](N)Cc1cnc[nH]1)C(N)=O. The molecule has 0 bridgehead atoms. The number of imidazole rings is 1. The van der Waals surface area contributed by atoms with Crippen LogP contribution in [0, 0.1) is 5.41 Å². The summed E-state index contributed by atoms with van der Waals surface area (Å²) < 4.78 is 10.9. The number of hydrogen-bond donors (Lipinski definition) is 6. The van der Waals surface area contributed by atoms with Gasteiger partial charge in [-0.15, -0.1) is 0 Å². The Morgan fingerprint density at radius 1 is 0.741 bits per heavy atom. The summed E-state index contributed by atoms with van der Waals surface area (Å²) in [5.41, 5.74) is 11.4. The number of aromatic nitrogens is 2. The summed E-state index contributed by atoms with van der Waals surface area (Å²) in [4.78, 5) is 68.6. The second-order valence-electron chi connectivity index (χ2n) is 16.4. The van der Waals surface area contributed by atoms with Crippen LogP contribution in [0.5, 0.6) is 0 Å². The Morgan fingerprint density at radius 2 is 1.31 bits per heavy atom. The molecule has 3 amide bonds. The minimum absolute atomic E-state index is 0.0280. The highest BCUT2D eigenvalue weighted by atomic mass is 16.5. The smallest absolute Gasteiger partial charge is 0.245 e. The standard InChI is InChI=1S/C44H81N7O7/c1-4-5-6-7-8-9-10-11-12-13-14-15-16-17-18-19-20-24-41(54)49-26-27-57-28-29-58-34-42(55)48-25-22-21-23-38(43(46)56)50-33-40(53)44(2,3)31-39(52)37(45)30-36-32-47-35-51-36/h32,35,37-38,50H,4-31,33-34,45H2,1-3H3,(H2,46,56)(H,47,51)(H,48,55)(H,49,54)/t37-,38-/m0/s1. The number of rotatable bonds is 41. The number of H-pyrrole nitrogens is 1. The number of aromatic amines is 1. The summed E-state index contributed by atoms with van der Waals surface area (Å²) in [6.45, 7) is 7.23. The molecule has 0 aliphatic carbocycles. The van der Waals surface area contributed by atoms with Gasteiger partial charge in [0.15, 0.2) is 11.6 Å². The molecule has 0 radical (unpaired) electrons. The van der Waals surface area contributed by atoms with Gasteiger partial charge in [0.1, 0.15) is 6.61 Å². The number of nitrogens with two attached hydrogens (primary N) is 2. The van der Waals surface area contributed by atoms with Crippen LogP contribution < -0.4 is 27.4 Å². The van der Waals surface area contributed by atoms with Crippen LogP contribution in [0.2, 0.25) is 0 Å². The van der Waals surface area contributed by atoms with Gasteiger partial charge in [0.05, 0.1) is 44.8 Å². The second-order valence-corrected chi connectivity index (χ2v) is 16.4. The van der Waals surface area contributed by atoms with Crippen LogP contribution in [-0.2, 0) is 39.9 Å². The molecule has 0 saturated heterocycles. The molecule has 0 aliphatic rings. The lowest BCUT2D eigenvalue weighted by molar-refractivity contribution is -0.132. The van der Waals surface area contributed by atoms with Gasteiger partial charge in [-0.1, -0.05) is 124 Å². The van der Waals surface area contributed by atoms with E-state index in [1.54, 1.807) is 20.0 Å². The summed E-state index contributed by atoms with van der Waals surface area (Å²) in [7, 11) is 0. The van der Waals surface area contributed by atoms with E-state index < -0.39 is 23.4 Å². The van der Waals surface area contributed by atoms with Crippen molar-refractivity contribution in [2.45, 2.75) is 181 Å². The van der Waals surface area contributed by atoms with E-state index in [1.165, 1.54) is 103 Å². The van der Waals surface area contributed by atoms with E-state index in [1.807, 2.05) is 0 Å². The van der Waals surface area contributed by atoms with Crippen molar-refractivity contribution in [1.29, 1.82) is 0 Å². The fourth-order valence-corrected chi connectivity index (χ4v) is 6.71. The molecule has 2 atom stereocenters. The van der Waals surface area contributed by atoms with E-state index in [0.717, 1.165) is 18.5 Å². The van der Waals surface area contributed by atoms with E-state index in [-0.39, 0.29) is 49.6 Å². The number of ether oxygens (including phenoxy) is 2. The zero-order valence-electron chi connectivity index (χ0n) is 36.5. The fourth-order valence-electron chi connectivity index (χ4n) is 6.71. The predicted octanol–water partition coefficient (Wildman–Crippen LogP) is 5.76. The van der Waals surface area contributed by atoms with Gasteiger partial charge < -0.3 is 36.6 Å². The van der Waals surface area contributed by atoms with Crippen molar-refractivity contribution in [3.63, 3.8) is 0 Å². The largest absolute Gasteiger partial charge is 0.377 e. The molecule has 0 fully saturated rings. The number of ketones is 2. The third-order valence-electron chi connectivity index (χ3n) is 10.6. The third-order valence-corrected chi connectivity index (χ3v) is 10.6. The monoisotopic (exact) mass is 820 g/mol. The molecule has 0 spiro atoms. The molecule has 0 unspecified atom stereocenters. The lowest BCUT2D eigenvalue weighted by Gasteiger charge is -2.25. The lowest BCUT2D eigenvalue weighted by Crippen LogP contribution is -2.46. The first-order valence-electron chi connectivity index (χ1n) is 22.5. The van der Waals surface area contributed by atoms with Crippen LogP contribution in [0.3, 0.4) is 0 Å². The number of amides is 3. The normalized spacial score (nSPS) is 12.6. The average molecular weight is 820 g/mol. The number of nitrogens with zero attached hydrogens (tertiary/aromatic N) is 1. The summed E-state index contributed by atoms with van der Waals surface area (Å²) in [5.74, 6) is -1.24. The Labute approximate surface area is 349 Å². The van der Waals surface area contributed by atoms with E-state index >= 15 is 0 Å². The highest BCUT2D eigenvalue weighted by Crippen LogP contribution is 2.23. The molecule has 58 heavy (non-hydrogen) atoms. The summed E-state index contributed by atoms with van der Waals surface area (Å²) in [6.07, 6.45) is 27.9. The fraction of sp³-hybridized carbons (Fsp3) is 0.818. The molecule has 0 aliphatic heterocycles. The summed E-state index contributed by atoms with van der Waals surface area (Å²) in [5, 5.41) is 8.60. The molecular weight excluding hydrogens is 739 g/mol. The molecule has 14 nitrogen and oxygen atoms in total. The van der Waals surface area contributed by atoms with Gasteiger partial charge in [-0.05, 0) is 25.7 Å². The first-order valence-corrected chi connectivity index (χ1v) is 22.5. The van der Waals surface area contributed by atoms with Crippen LogP contribution in [0.25, 0.3) is 0 Å². The van der Waals surface area contributed by atoms with Crippen molar-refractivity contribution >= 4 is 29.3 Å². The minimum Gasteiger partial charge on any atom is -0.377 e. The maximum Gasteiger partial charge on any atom is 0.245 e. The van der Waals surface area contributed by atoms with Gasteiger partial charge in [0, 0.05) is 49.7 Å². The predicted molar refractivity (Wildman–Crippen MR) is 230 cm³/mol.